The van der Waals surface area contributed by atoms with Gasteiger partial charge in [-0.1, -0.05) is 19.1 Å². The van der Waals surface area contributed by atoms with E-state index in [0.717, 1.165) is 36.7 Å². The normalized spacial score (nSPS) is 13.9. The lowest BCUT2D eigenvalue weighted by Crippen LogP contribution is -2.42. The minimum atomic E-state index is -4.90. The van der Waals surface area contributed by atoms with Crippen LogP contribution in [-0.2, 0) is 10.0 Å². The molecule has 0 bridgehead atoms. The first-order valence-electron chi connectivity index (χ1n) is 6.78. The van der Waals surface area contributed by atoms with Crippen molar-refractivity contribution in [2.24, 2.45) is 0 Å². The summed E-state index contributed by atoms with van der Waals surface area (Å²) in [5.74, 6) is -0.723. The zero-order valence-electron chi connectivity index (χ0n) is 12.4. The minimum absolute atomic E-state index is 0.268. The van der Waals surface area contributed by atoms with Gasteiger partial charge in [0.1, 0.15) is 11.9 Å². The van der Waals surface area contributed by atoms with Gasteiger partial charge in [0.25, 0.3) is 10.0 Å². The SMILES string of the molecule is CCN(C(c1ccc(F)cc1)C(F)(F)F)S(=O)(=O)c1cnccn1. The Labute approximate surface area is 136 Å². The molecule has 130 valence electrons. The Morgan fingerprint density at radius 2 is 1.79 bits per heavy atom. The Morgan fingerprint density at radius 3 is 2.25 bits per heavy atom. The van der Waals surface area contributed by atoms with E-state index in [0.29, 0.717) is 0 Å². The molecule has 2 aromatic rings. The van der Waals surface area contributed by atoms with Crippen LogP contribution in [0.5, 0.6) is 0 Å². The van der Waals surface area contributed by atoms with Gasteiger partial charge in [-0.2, -0.15) is 17.5 Å². The first-order chi connectivity index (χ1) is 11.2. The molecule has 10 heteroatoms. The highest BCUT2D eigenvalue weighted by Crippen LogP contribution is 2.40. The number of hydrogen-bond acceptors (Lipinski definition) is 4. The average Bonchev–Trinajstić information content (AvgIpc) is 2.53. The standard InChI is InChI=1S/C14H13F4N3O2S/c1-2-21(24(22,23)12-9-19-7-8-20-12)13(14(16,17)18)10-3-5-11(15)6-4-10/h3-9,13H,2H2,1H3. The molecule has 0 aliphatic heterocycles. The second kappa shape index (κ2) is 6.81. The molecule has 0 spiro atoms. The Hall–Kier alpha value is -2.07. The lowest BCUT2D eigenvalue weighted by molar-refractivity contribution is -0.173. The first-order valence-corrected chi connectivity index (χ1v) is 8.22. The van der Waals surface area contributed by atoms with Gasteiger partial charge in [0.05, 0.1) is 6.20 Å². The summed E-state index contributed by atoms with van der Waals surface area (Å²) in [6.45, 7) is 0.816. The molecule has 0 saturated carbocycles. The molecular weight excluding hydrogens is 350 g/mol. The van der Waals surface area contributed by atoms with Crippen LogP contribution >= 0.6 is 0 Å². The van der Waals surface area contributed by atoms with Crippen molar-refractivity contribution in [1.82, 2.24) is 14.3 Å². The van der Waals surface area contributed by atoms with Crippen LogP contribution in [-0.4, -0.2) is 35.4 Å². The second-order valence-corrected chi connectivity index (χ2v) is 6.59. The lowest BCUT2D eigenvalue weighted by Gasteiger charge is -2.31. The van der Waals surface area contributed by atoms with Gasteiger partial charge in [-0.3, -0.25) is 4.98 Å². The highest BCUT2D eigenvalue weighted by Gasteiger charge is 2.49. The predicted molar refractivity (Wildman–Crippen MR) is 76.8 cm³/mol. The molecule has 24 heavy (non-hydrogen) atoms. The van der Waals surface area contributed by atoms with E-state index in [-0.39, 0.29) is 4.31 Å². The van der Waals surface area contributed by atoms with Crippen molar-refractivity contribution in [3.8, 4) is 0 Å². The van der Waals surface area contributed by atoms with Gasteiger partial charge in [0, 0.05) is 18.9 Å². The van der Waals surface area contributed by atoms with E-state index in [1.54, 1.807) is 0 Å². The molecule has 1 heterocycles. The fourth-order valence-electron chi connectivity index (χ4n) is 2.19. The summed E-state index contributed by atoms with van der Waals surface area (Å²) in [4.78, 5) is 7.15. The van der Waals surface area contributed by atoms with Crippen molar-refractivity contribution in [3.05, 3.63) is 54.2 Å². The minimum Gasteiger partial charge on any atom is -0.260 e. The van der Waals surface area contributed by atoms with Crippen LogP contribution in [0.3, 0.4) is 0 Å². The molecule has 0 aliphatic carbocycles. The van der Waals surface area contributed by atoms with Gasteiger partial charge in [0.2, 0.25) is 0 Å². The molecule has 1 atom stereocenters. The van der Waals surface area contributed by atoms with E-state index in [1.165, 1.54) is 13.1 Å². The summed E-state index contributed by atoms with van der Waals surface area (Å²) in [6.07, 6.45) is -1.75. The van der Waals surface area contributed by atoms with Crippen LogP contribution in [0, 0.1) is 5.82 Å². The third-order valence-electron chi connectivity index (χ3n) is 3.21. The number of hydrogen-bond donors (Lipinski definition) is 0. The maximum Gasteiger partial charge on any atom is 0.409 e. The summed E-state index contributed by atoms with van der Waals surface area (Å²) < 4.78 is 79.0. The summed E-state index contributed by atoms with van der Waals surface area (Å²) >= 11 is 0. The average molecular weight is 363 g/mol. The molecule has 0 radical (unpaired) electrons. The molecular formula is C14H13F4N3O2S. The van der Waals surface area contributed by atoms with E-state index in [9.17, 15) is 26.0 Å². The van der Waals surface area contributed by atoms with Gasteiger partial charge in [-0.15, -0.1) is 0 Å². The Balaban J connectivity index is 2.57. The molecule has 0 saturated heterocycles. The second-order valence-electron chi connectivity index (χ2n) is 4.75. The summed E-state index contributed by atoms with van der Waals surface area (Å²) in [5, 5.41) is -0.594. The van der Waals surface area contributed by atoms with E-state index < -0.39 is 45.2 Å². The van der Waals surface area contributed by atoms with Crippen molar-refractivity contribution in [1.29, 1.82) is 0 Å². The third kappa shape index (κ3) is 3.70. The van der Waals surface area contributed by atoms with E-state index >= 15 is 0 Å². The molecule has 0 amide bonds. The van der Waals surface area contributed by atoms with Crippen molar-refractivity contribution >= 4 is 10.0 Å². The van der Waals surface area contributed by atoms with Crippen molar-refractivity contribution in [3.63, 3.8) is 0 Å². The monoisotopic (exact) mass is 363 g/mol. The van der Waals surface area contributed by atoms with Crippen LogP contribution < -0.4 is 0 Å². The molecule has 0 aliphatic rings. The van der Waals surface area contributed by atoms with Crippen LogP contribution in [0.25, 0.3) is 0 Å². The third-order valence-corrected chi connectivity index (χ3v) is 5.03. The molecule has 2 rings (SSSR count). The Morgan fingerprint density at radius 1 is 1.17 bits per heavy atom. The van der Waals surface area contributed by atoms with Crippen LogP contribution in [0.4, 0.5) is 17.6 Å². The highest BCUT2D eigenvalue weighted by molar-refractivity contribution is 7.89. The van der Waals surface area contributed by atoms with Crippen molar-refractivity contribution in [2.75, 3.05) is 6.54 Å². The van der Waals surface area contributed by atoms with Crippen molar-refractivity contribution < 1.29 is 26.0 Å². The number of rotatable bonds is 5. The summed E-state index contributed by atoms with van der Waals surface area (Å²) in [6, 6.07) is 1.04. The van der Waals surface area contributed by atoms with Crippen LogP contribution in [0.15, 0.2) is 47.9 Å². The number of benzene rings is 1. The lowest BCUT2D eigenvalue weighted by atomic mass is 10.1. The Kier molecular flexibility index (Phi) is 5.19. The van der Waals surface area contributed by atoms with Gasteiger partial charge in [-0.25, -0.2) is 17.8 Å². The molecule has 1 aromatic carbocycles. The van der Waals surface area contributed by atoms with Crippen molar-refractivity contribution in [2.45, 2.75) is 24.2 Å². The maximum absolute atomic E-state index is 13.6. The number of nitrogens with zero attached hydrogens (tertiary/aromatic N) is 3. The Bertz CT molecular complexity index is 780. The quantitative estimate of drug-likeness (QED) is 0.767. The number of sulfonamides is 1. The van der Waals surface area contributed by atoms with Crippen LogP contribution in [0.1, 0.15) is 18.5 Å². The van der Waals surface area contributed by atoms with E-state index in [1.807, 2.05) is 0 Å². The first kappa shape index (κ1) is 18.3. The van der Waals surface area contributed by atoms with E-state index in [4.69, 9.17) is 0 Å². The van der Waals surface area contributed by atoms with Gasteiger partial charge >= 0.3 is 6.18 Å². The molecule has 1 unspecified atom stereocenters. The topological polar surface area (TPSA) is 63.2 Å². The predicted octanol–water partition coefficient (Wildman–Crippen LogP) is 2.93. The molecule has 0 N–H and O–H groups in total. The fraction of sp³-hybridized carbons (Fsp3) is 0.286. The summed E-state index contributed by atoms with van der Waals surface area (Å²) in [7, 11) is -4.55. The fourth-order valence-corrected chi connectivity index (χ4v) is 3.68. The zero-order chi connectivity index (χ0) is 18.0. The van der Waals surface area contributed by atoms with Crippen LogP contribution in [0.2, 0.25) is 0 Å². The van der Waals surface area contributed by atoms with E-state index in [2.05, 4.69) is 9.97 Å². The molecule has 5 nitrogen and oxygen atoms in total. The highest BCUT2D eigenvalue weighted by atomic mass is 32.2. The number of aromatic nitrogens is 2. The largest absolute Gasteiger partial charge is 0.409 e. The zero-order valence-corrected chi connectivity index (χ0v) is 13.2. The number of halogens is 4. The molecule has 1 aromatic heterocycles. The van der Waals surface area contributed by atoms with Gasteiger partial charge in [0.15, 0.2) is 5.03 Å². The van der Waals surface area contributed by atoms with Gasteiger partial charge in [-0.05, 0) is 17.7 Å². The van der Waals surface area contributed by atoms with Gasteiger partial charge < -0.3 is 0 Å². The molecule has 0 fully saturated rings. The smallest absolute Gasteiger partial charge is 0.260 e. The maximum atomic E-state index is 13.6. The number of alkyl halides is 3. The summed E-state index contributed by atoms with van der Waals surface area (Å²) in [5.41, 5.74) is -0.391.